The highest BCUT2D eigenvalue weighted by Crippen LogP contribution is 2.23. The zero-order chi connectivity index (χ0) is 18.2. The number of hydrogen-bond acceptors (Lipinski definition) is 3. The monoisotopic (exact) mass is 365 g/mol. The maximum absolute atomic E-state index is 12.3. The number of amides is 2. The van der Waals surface area contributed by atoms with E-state index in [2.05, 4.69) is 10.6 Å². The molecule has 1 aromatic rings. The average Bonchev–Trinajstić information content (AvgIpc) is 2.62. The Bertz CT molecular complexity index is 571. The second-order valence-electron chi connectivity index (χ2n) is 6.79. The number of carbonyl (C=O) groups excluding carboxylic acids is 2. The van der Waals surface area contributed by atoms with Crippen LogP contribution in [0.2, 0.25) is 5.02 Å². The van der Waals surface area contributed by atoms with E-state index in [1.807, 2.05) is 12.1 Å². The minimum absolute atomic E-state index is 0.0454. The smallest absolute Gasteiger partial charge is 0.241 e. The molecule has 0 unspecified atom stereocenters. The summed E-state index contributed by atoms with van der Waals surface area (Å²) in [5.74, 6) is 0.398. The number of rotatable bonds is 7. The lowest BCUT2D eigenvalue weighted by Gasteiger charge is -2.27. The first kappa shape index (κ1) is 19.7. The summed E-state index contributed by atoms with van der Waals surface area (Å²) in [7, 11) is 3.39. The summed E-state index contributed by atoms with van der Waals surface area (Å²) >= 11 is 5.93. The third-order valence-electron chi connectivity index (χ3n) is 4.83. The number of benzene rings is 1. The summed E-state index contributed by atoms with van der Waals surface area (Å²) in [4.78, 5) is 26.4. The van der Waals surface area contributed by atoms with Crippen molar-refractivity contribution in [3.05, 3.63) is 34.9 Å². The minimum Gasteiger partial charge on any atom is -0.358 e. The fourth-order valence-electron chi connectivity index (χ4n) is 3.41. The Morgan fingerprint density at radius 1 is 1.20 bits per heavy atom. The van der Waals surface area contributed by atoms with Crippen LogP contribution >= 0.6 is 11.6 Å². The molecular formula is C19H28ClN3O2. The second-order valence-corrected chi connectivity index (χ2v) is 7.23. The first-order valence-electron chi connectivity index (χ1n) is 8.95. The number of carbonyl (C=O) groups is 2. The maximum atomic E-state index is 12.3. The molecular weight excluding hydrogens is 338 g/mol. The second kappa shape index (κ2) is 9.78. The van der Waals surface area contributed by atoms with Crippen molar-refractivity contribution < 1.29 is 9.59 Å². The van der Waals surface area contributed by atoms with E-state index in [1.54, 1.807) is 31.1 Å². The molecule has 6 heteroatoms. The molecule has 0 aromatic heterocycles. The Morgan fingerprint density at radius 3 is 2.44 bits per heavy atom. The van der Waals surface area contributed by atoms with E-state index in [0.717, 1.165) is 12.1 Å². The van der Waals surface area contributed by atoms with Crippen molar-refractivity contribution in [2.75, 3.05) is 27.2 Å². The van der Waals surface area contributed by atoms with E-state index in [1.165, 1.54) is 32.1 Å². The molecule has 0 heterocycles. The van der Waals surface area contributed by atoms with Crippen LogP contribution in [0.25, 0.3) is 0 Å². The van der Waals surface area contributed by atoms with E-state index < -0.39 is 6.04 Å². The average molecular weight is 366 g/mol. The van der Waals surface area contributed by atoms with E-state index in [0.29, 0.717) is 10.9 Å². The topological polar surface area (TPSA) is 61.4 Å². The number of nitrogens with zero attached hydrogens (tertiary/aromatic N) is 1. The lowest BCUT2D eigenvalue weighted by Crippen LogP contribution is -2.43. The van der Waals surface area contributed by atoms with Gasteiger partial charge in [0.05, 0.1) is 6.54 Å². The largest absolute Gasteiger partial charge is 0.358 e. The molecule has 1 atom stereocenters. The fraction of sp³-hybridized carbons (Fsp3) is 0.579. The van der Waals surface area contributed by atoms with Gasteiger partial charge in [-0.3, -0.25) is 14.5 Å². The number of hydrogen-bond donors (Lipinski definition) is 2. The highest BCUT2D eigenvalue weighted by atomic mass is 35.5. The molecule has 0 saturated heterocycles. The third-order valence-corrected chi connectivity index (χ3v) is 5.08. The van der Waals surface area contributed by atoms with Gasteiger partial charge in [-0.05, 0) is 43.5 Å². The van der Waals surface area contributed by atoms with Crippen molar-refractivity contribution in [1.82, 2.24) is 15.5 Å². The first-order chi connectivity index (χ1) is 12.0. The lowest BCUT2D eigenvalue weighted by atomic mass is 9.89. The molecule has 25 heavy (non-hydrogen) atoms. The highest BCUT2D eigenvalue weighted by molar-refractivity contribution is 6.30. The van der Waals surface area contributed by atoms with Crippen molar-refractivity contribution >= 4 is 23.4 Å². The van der Waals surface area contributed by atoms with Crippen LogP contribution < -0.4 is 10.6 Å². The van der Waals surface area contributed by atoms with Crippen LogP contribution in [-0.2, 0) is 9.59 Å². The first-order valence-corrected chi connectivity index (χ1v) is 9.33. The van der Waals surface area contributed by atoms with Crippen LogP contribution in [0.15, 0.2) is 24.3 Å². The summed E-state index contributed by atoms with van der Waals surface area (Å²) in [6.45, 7) is 0.908. The van der Waals surface area contributed by atoms with Gasteiger partial charge in [0.25, 0.3) is 0 Å². The van der Waals surface area contributed by atoms with E-state index in [-0.39, 0.29) is 18.4 Å². The third kappa shape index (κ3) is 6.01. The van der Waals surface area contributed by atoms with Gasteiger partial charge < -0.3 is 10.6 Å². The molecule has 138 valence electrons. The quantitative estimate of drug-likeness (QED) is 0.781. The summed E-state index contributed by atoms with van der Waals surface area (Å²) in [6.07, 6.45) is 6.22. The summed E-state index contributed by atoms with van der Waals surface area (Å²) in [5, 5.41) is 6.31. The Labute approximate surface area is 155 Å². The van der Waals surface area contributed by atoms with Crippen molar-refractivity contribution in [3.63, 3.8) is 0 Å². The van der Waals surface area contributed by atoms with Gasteiger partial charge in [0.2, 0.25) is 11.8 Å². The number of halogens is 1. The van der Waals surface area contributed by atoms with Gasteiger partial charge in [-0.1, -0.05) is 43.0 Å². The predicted octanol–water partition coefficient (Wildman–Crippen LogP) is 2.76. The molecule has 0 aliphatic heterocycles. The van der Waals surface area contributed by atoms with Gasteiger partial charge in [-0.25, -0.2) is 0 Å². The van der Waals surface area contributed by atoms with E-state index in [4.69, 9.17) is 11.6 Å². The van der Waals surface area contributed by atoms with Crippen LogP contribution in [0, 0.1) is 5.92 Å². The van der Waals surface area contributed by atoms with Gasteiger partial charge in [0, 0.05) is 18.6 Å². The Balaban J connectivity index is 1.93. The maximum Gasteiger partial charge on any atom is 0.241 e. The normalized spacial score (nSPS) is 16.5. The zero-order valence-corrected chi connectivity index (χ0v) is 15.8. The lowest BCUT2D eigenvalue weighted by molar-refractivity contribution is -0.128. The van der Waals surface area contributed by atoms with Gasteiger partial charge in [-0.15, -0.1) is 0 Å². The van der Waals surface area contributed by atoms with Crippen LogP contribution in [0.4, 0.5) is 0 Å². The van der Waals surface area contributed by atoms with Crippen LogP contribution in [0.5, 0.6) is 0 Å². The van der Waals surface area contributed by atoms with E-state index >= 15 is 0 Å². The van der Waals surface area contributed by atoms with Gasteiger partial charge in [0.1, 0.15) is 6.04 Å². The van der Waals surface area contributed by atoms with Crippen LogP contribution in [0.1, 0.15) is 43.7 Å². The van der Waals surface area contributed by atoms with Crippen molar-refractivity contribution in [2.24, 2.45) is 5.92 Å². The van der Waals surface area contributed by atoms with Crippen LogP contribution in [0.3, 0.4) is 0 Å². The molecule has 1 aromatic carbocycles. The molecule has 5 nitrogen and oxygen atoms in total. The molecule has 1 aliphatic rings. The standard InChI is InChI=1S/C19H28ClN3O2/c1-21-19(25)18(15-8-10-16(20)11-9-15)23(2)13-17(24)22-12-14-6-4-3-5-7-14/h8-11,14,18H,3-7,12-13H2,1-2H3,(H,21,25)(H,22,24)/t18-/m0/s1. The van der Waals surface area contributed by atoms with Crippen LogP contribution in [-0.4, -0.2) is 43.9 Å². The van der Waals surface area contributed by atoms with E-state index in [9.17, 15) is 9.59 Å². The van der Waals surface area contributed by atoms with Gasteiger partial charge >= 0.3 is 0 Å². The summed E-state index contributed by atoms with van der Waals surface area (Å²) < 4.78 is 0. The van der Waals surface area contributed by atoms with Gasteiger partial charge in [-0.2, -0.15) is 0 Å². The molecule has 1 fully saturated rings. The highest BCUT2D eigenvalue weighted by Gasteiger charge is 2.26. The molecule has 1 saturated carbocycles. The SMILES string of the molecule is CNC(=O)[C@H](c1ccc(Cl)cc1)N(C)CC(=O)NCC1CCCCC1. The Morgan fingerprint density at radius 2 is 1.84 bits per heavy atom. The molecule has 0 radical (unpaired) electrons. The molecule has 1 aliphatic carbocycles. The van der Waals surface area contributed by atoms with Crippen molar-refractivity contribution in [3.8, 4) is 0 Å². The van der Waals surface area contributed by atoms with Gasteiger partial charge in [0.15, 0.2) is 0 Å². The molecule has 2 amide bonds. The molecule has 2 N–H and O–H groups in total. The predicted molar refractivity (Wildman–Crippen MR) is 100 cm³/mol. The van der Waals surface area contributed by atoms with Crippen molar-refractivity contribution in [1.29, 1.82) is 0 Å². The zero-order valence-electron chi connectivity index (χ0n) is 15.1. The number of likely N-dealkylation sites (N-methyl/N-ethyl adjacent to an activating group) is 2. The Kier molecular flexibility index (Phi) is 7.72. The number of nitrogens with one attached hydrogen (secondary N) is 2. The molecule has 0 spiro atoms. The molecule has 2 rings (SSSR count). The summed E-state index contributed by atoms with van der Waals surface area (Å²) in [6, 6.07) is 6.62. The fourth-order valence-corrected chi connectivity index (χ4v) is 3.54. The minimum atomic E-state index is -0.525. The summed E-state index contributed by atoms with van der Waals surface area (Å²) in [5.41, 5.74) is 0.811. The molecule has 0 bridgehead atoms. The van der Waals surface area contributed by atoms with Crippen molar-refractivity contribution in [2.45, 2.75) is 38.1 Å². The Hall–Kier alpha value is -1.59.